The Labute approximate surface area is 153 Å². The molecule has 0 fully saturated rings. The number of nitrogens with one attached hydrogen (secondary N) is 1. The van der Waals surface area contributed by atoms with Gasteiger partial charge < -0.3 is 5.32 Å². The van der Waals surface area contributed by atoms with E-state index in [0.29, 0.717) is 15.7 Å². The Morgan fingerprint density at radius 3 is 2.52 bits per heavy atom. The second-order valence-corrected chi connectivity index (χ2v) is 6.07. The van der Waals surface area contributed by atoms with Gasteiger partial charge in [-0.2, -0.15) is 9.78 Å². The minimum absolute atomic E-state index is 0.133. The van der Waals surface area contributed by atoms with Crippen LogP contribution in [-0.4, -0.2) is 15.7 Å². The Bertz CT molecular complexity index is 972. The van der Waals surface area contributed by atoms with Gasteiger partial charge in [0.2, 0.25) is 0 Å². The smallest absolute Gasteiger partial charge is 0.272 e. The van der Waals surface area contributed by atoms with Crippen LogP contribution in [0.15, 0.2) is 65.5 Å². The van der Waals surface area contributed by atoms with Crippen molar-refractivity contribution >= 4 is 29.1 Å². The molecule has 0 bridgehead atoms. The van der Waals surface area contributed by atoms with Crippen molar-refractivity contribution in [1.29, 1.82) is 0 Å². The predicted octanol–water partition coefficient (Wildman–Crippen LogP) is 3.47. The fourth-order valence-corrected chi connectivity index (χ4v) is 2.69. The molecule has 2 aromatic carbocycles. The third-order valence-corrected chi connectivity index (χ3v) is 4.08. The molecule has 1 amide bonds. The number of benzene rings is 2. The normalized spacial score (nSPS) is 10.5. The zero-order valence-electron chi connectivity index (χ0n) is 12.9. The van der Waals surface area contributed by atoms with Crippen molar-refractivity contribution in [2.24, 2.45) is 0 Å². The number of halogens is 2. The van der Waals surface area contributed by atoms with Crippen LogP contribution in [0.3, 0.4) is 0 Å². The number of hydrogen-bond acceptors (Lipinski definition) is 3. The van der Waals surface area contributed by atoms with Crippen LogP contribution in [0.5, 0.6) is 0 Å². The molecule has 0 radical (unpaired) electrons. The molecule has 0 aliphatic rings. The molecule has 0 unspecified atom stereocenters. The van der Waals surface area contributed by atoms with Gasteiger partial charge in [-0.3, -0.25) is 9.59 Å². The van der Waals surface area contributed by atoms with E-state index >= 15 is 0 Å². The van der Waals surface area contributed by atoms with E-state index in [2.05, 4.69) is 10.4 Å². The average molecular weight is 374 g/mol. The predicted molar refractivity (Wildman–Crippen MR) is 97.5 cm³/mol. The van der Waals surface area contributed by atoms with Gasteiger partial charge in [0.05, 0.1) is 5.69 Å². The Kier molecular flexibility index (Phi) is 5.16. The zero-order valence-corrected chi connectivity index (χ0v) is 14.5. The number of hydrogen-bond donors (Lipinski definition) is 1. The summed E-state index contributed by atoms with van der Waals surface area (Å²) in [5, 5.41) is 7.85. The van der Waals surface area contributed by atoms with E-state index in [-0.39, 0.29) is 17.8 Å². The van der Waals surface area contributed by atoms with Gasteiger partial charge in [0.15, 0.2) is 0 Å². The van der Waals surface area contributed by atoms with Gasteiger partial charge in [-0.05, 0) is 35.9 Å². The summed E-state index contributed by atoms with van der Waals surface area (Å²) >= 11 is 11.9. The van der Waals surface area contributed by atoms with E-state index in [9.17, 15) is 9.59 Å². The Morgan fingerprint density at radius 2 is 1.80 bits per heavy atom. The first kappa shape index (κ1) is 17.2. The molecular weight excluding hydrogens is 361 g/mol. The standard InChI is InChI=1S/C18H13Cl2N3O2/c19-13-7-6-12(15(20)10-13)11-21-18(25)16-8-9-17(24)23(22-16)14-4-2-1-3-5-14/h1-10H,11H2,(H,21,25). The second kappa shape index (κ2) is 7.51. The Hall–Kier alpha value is -2.63. The highest BCUT2D eigenvalue weighted by Gasteiger charge is 2.11. The summed E-state index contributed by atoms with van der Waals surface area (Å²) in [4.78, 5) is 24.3. The molecule has 0 aliphatic heterocycles. The third kappa shape index (κ3) is 4.07. The van der Waals surface area contributed by atoms with E-state index in [0.717, 1.165) is 5.56 Å². The number of para-hydroxylation sites is 1. The van der Waals surface area contributed by atoms with Crippen molar-refractivity contribution in [2.75, 3.05) is 0 Å². The molecule has 3 aromatic rings. The molecule has 1 N–H and O–H groups in total. The molecule has 0 atom stereocenters. The lowest BCUT2D eigenvalue weighted by atomic mass is 10.2. The summed E-state index contributed by atoms with van der Waals surface area (Å²) < 4.78 is 1.18. The SMILES string of the molecule is O=C(NCc1ccc(Cl)cc1Cl)c1ccc(=O)n(-c2ccccc2)n1. The van der Waals surface area contributed by atoms with E-state index in [1.807, 2.05) is 6.07 Å². The highest BCUT2D eigenvalue weighted by molar-refractivity contribution is 6.35. The van der Waals surface area contributed by atoms with Gasteiger partial charge >= 0.3 is 0 Å². The maximum Gasteiger partial charge on any atom is 0.272 e. The first-order valence-corrected chi connectivity index (χ1v) is 8.18. The highest BCUT2D eigenvalue weighted by Crippen LogP contribution is 2.20. The van der Waals surface area contributed by atoms with Gasteiger partial charge in [0, 0.05) is 22.7 Å². The van der Waals surface area contributed by atoms with Crippen LogP contribution < -0.4 is 10.9 Å². The minimum Gasteiger partial charge on any atom is -0.347 e. The maximum atomic E-state index is 12.3. The highest BCUT2D eigenvalue weighted by atomic mass is 35.5. The van der Waals surface area contributed by atoms with Crippen LogP contribution in [0.1, 0.15) is 16.1 Å². The lowest BCUT2D eigenvalue weighted by Crippen LogP contribution is -2.28. The molecule has 0 spiro atoms. The van der Waals surface area contributed by atoms with Gasteiger partial charge in [-0.25, -0.2) is 0 Å². The zero-order chi connectivity index (χ0) is 17.8. The van der Waals surface area contributed by atoms with Crippen molar-refractivity contribution in [2.45, 2.75) is 6.54 Å². The number of carbonyl (C=O) groups excluding carboxylic acids is 1. The van der Waals surface area contributed by atoms with Gasteiger partial charge in [-0.1, -0.05) is 47.5 Å². The number of rotatable bonds is 4. The summed E-state index contributed by atoms with van der Waals surface area (Å²) in [6.07, 6.45) is 0. The van der Waals surface area contributed by atoms with E-state index in [4.69, 9.17) is 23.2 Å². The topological polar surface area (TPSA) is 64.0 Å². The van der Waals surface area contributed by atoms with Crippen LogP contribution in [0, 0.1) is 0 Å². The van der Waals surface area contributed by atoms with Gasteiger partial charge in [0.25, 0.3) is 11.5 Å². The molecule has 0 aliphatic carbocycles. The van der Waals surface area contributed by atoms with E-state index in [1.54, 1.807) is 42.5 Å². The van der Waals surface area contributed by atoms with Crippen LogP contribution in [0.25, 0.3) is 5.69 Å². The fourth-order valence-electron chi connectivity index (χ4n) is 2.22. The average Bonchev–Trinajstić information content (AvgIpc) is 2.62. The number of amides is 1. The largest absolute Gasteiger partial charge is 0.347 e. The number of aromatic nitrogens is 2. The first-order chi connectivity index (χ1) is 12.0. The van der Waals surface area contributed by atoms with Gasteiger partial charge in [-0.15, -0.1) is 0 Å². The first-order valence-electron chi connectivity index (χ1n) is 7.42. The van der Waals surface area contributed by atoms with Crippen molar-refractivity contribution in [3.8, 4) is 5.69 Å². The van der Waals surface area contributed by atoms with Crippen molar-refractivity contribution < 1.29 is 4.79 Å². The minimum atomic E-state index is -0.407. The molecule has 5 nitrogen and oxygen atoms in total. The molecule has 0 saturated heterocycles. The lowest BCUT2D eigenvalue weighted by Gasteiger charge is -2.09. The molecular formula is C18H13Cl2N3O2. The lowest BCUT2D eigenvalue weighted by molar-refractivity contribution is 0.0944. The van der Waals surface area contributed by atoms with Gasteiger partial charge in [0.1, 0.15) is 5.69 Å². The fraction of sp³-hybridized carbons (Fsp3) is 0.0556. The Morgan fingerprint density at radius 1 is 1.04 bits per heavy atom. The summed E-state index contributed by atoms with van der Waals surface area (Å²) in [6, 6.07) is 16.6. The molecule has 126 valence electrons. The van der Waals surface area contributed by atoms with E-state index in [1.165, 1.54) is 16.8 Å². The summed E-state index contributed by atoms with van der Waals surface area (Å²) in [6.45, 7) is 0.223. The van der Waals surface area contributed by atoms with Crippen LogP contribution in [-0.2, 0) is 6.54 Å². The maximum absolute atomic E-state index is 12.3. The molecule has 1 heterocycles. The van der Waals surface area contributed by atoms with Crippen LogP contribution in [0.4, 0.5) is 0 Å². The van der Waals surface area contributed by atoms with Crippen molar-refractivity contribution in [3.63, 3.8) is 0 Å². The van der Waals surface area contributed by atoms with E-state index < -0.39 is 5.91 Å². The summed E-state index contributed by atoms with van der Waals surface area (Å²) in [5.74, 6) is -0.407. The molecule has 3 rings (SSSR count). The second-order valence-electron chi connectivity index (χ2n) is 5.22. The third-order valence-electron chi connectivity index (χ3n) is 3.49. The molecule has 0 saturated carbocycles. The van der Waals surface area contributed by atoms with Crippen LogP contribution >= 0.6 is 23.2 Å². The Balaban J connectivity index is 1.80. The molecule has 25 heavy (non-hydrogen) atoms. The number of carbonyl (C=O) groups is 1. The molecule has 7 heteroatoms. The molecule has 1 aromatic heterocycles. The van der Waals surface area contributed by atoms with Crippen LogP contribution in [0.2, 0.25) is 10.0 Å². The number of nitrogens with zero attached hydrogens (tertiary/aromatic N) is 2. The summed E-state index contributed by atoms with van der Waals surface area (Å²) in [5.41, 5.74) is 1.13. The van der Waals surface area contributed by atoms with Crippen molar-refractivity contribution in [3.05, 3.63) is 92.3 Å². The van der Waals surface area contributed by atoms with Crippen molar-refractivity contribution in [1.82, 2.24) is 15.1 Å². The summed E-state index contributed by atoms with van der Waals surface area (Å²) in [7, 11) is 0. The monoisotopic (exact) mass is 373 g/mol. The quantitative estimate of drug-likeness (QED) is 0.761.